The van der Waals surface area contributed by atoms with Gasteiger partial charge in [0.2, 0.25) is 0 Å². The van der Waals surface area contributed by atoms with Crippen molar-refractivity contribution >= 4 is 35.1 Å². The molecular weight excluding hydrogens is 432 g/mol. The first-order chi connectivity index (χ1) is 15.5. The standard InChI is InChI=1S/C24H19F2N3O2S/c25-17-11-9-16(10-12-17)15-28-21-8-4-1-5-18(21)24(22(28)30)29(13-14-32-24)23(31)27-20-7-3-2-6-19(20)26/h1-12H,13-15H2,(H,27,31). The smallest absolute Gasteiger partial charge is 0.305 e. The van der Waals surface area contributed by atoms with Gasteiger partial charge in [-0.05, 0) is 35.9 Å². The van der Waals surface area contributed by atoms with Crippen molar-refractivity contribution in [2.45, 2.75) is 11.4 Å². The summed E-state index contributed by atoms with van der Waals surface area (Å²) in [4.78, 5) is 28.9. The van der Waals surface area contributed by atoms with E-state index in [4.69, 9.17) is 0 Å². The third-order valence-corrected chi connectivity index (χ3v) is 7.13. The molecule has 1 atom stereocenters. The molecule has 1 fully saturated rings. The van der Waals surface area contributed by atoms with Gasteiger partial charge in [-0.1, -0.05) is 42.5 Å². The van der Waals surface area contributed by atoms with Crippen molar-refractivity contribution < 1.29 is 18.4 Å². The average molecular weight is 451 g/mol. The summed E-state index contributed by atoms with van der Waals surface area (Å²) in [7, 11) is 0. The van der Waals surface area contributed by atoms with Crippen molar-refractivity contribution in [3.8, 4) is 0 Å². The number of carbonyl (C=O) groups excluding carboxylic acids is 2. The number of fused-ring (bicyclic) bond motifs is 2. The van der Waals surface area contributed by atoms with Crippen LogP contribution in [-0.4, -0.2) is 29.1 Å². The molecular formula is C24H19F2N3O2S. The van der Waals surface area contributed by atoms with E-state index in [1.807, 2.05) is 24.3 Å². The number of carbonyl (C=O) groups is 2. The largest absolute Gasteiger partial charge is 0.323 e. The van der Waals surface area contributed by atoms with E-state index >= 15 is 0 Å². The first-order valence-electron chi connectivity index (χ1n) is 10.1. The second-order valence-electron chi connectivity index (χ2n) is 7.59. The molecule has 32 heavy (non-hydrogen) atoms. The van der Waals surface area contributed by atoms with Crippen LogP contribution in [0.25, 0.3) is 0 Å². The summed E-state index contributed by atoms with van der Waals surface area (Å²) in [5, 5.41) is 2.61. The molecule has 3 aromatic carbocycles. The lowest BCUT2D eigenvalue weighted by atomic mass is 10.1. The number of hydrogen-bond donors (Lipinski definition) is 1. The fourth-order valence-electron chi connectivity index (χ4n) is 4.24. The molecule has 8 heteroatoms. The topological polar surface area (TPSA) is 52.7 Å². The van der Waals surface area contributed by atoms with Gasteiger partial charge in [0.15, 0.2) is 4.87 Å². The minimum absolute atomic E-state index is 0.0615. The Kier molecular flexibility index (Phi) is 5.09. The van der Waals surface area contributed by atoms with E-state index in [-0.39, 0.29) is 24.0 Å². The summed E-state index contributed by atoms with van der Waals surface area (Å²) in [6, 6.07) is 18.7. The molecule has 1 spiro atoms. The van der Waals surface area contributed by atoms with Gasteiger partial charge in [-0.2, -0.15) is 0 Å². The maximum atomic E-state index is 14.1. The Labute approximate surface area is 188 Å². The summed E-state index contributed by atoms with van der Waals surface area (Å²) >= 11 is 1.39. The Morgan fingerprint density at radius 1 is 1.00 bits per heavy atom. The molecule has 3 amide bonds. The van der Waals surface area contributed by atoms with E-state index in [1.165, 1.54) is 40.9 Å². The quantitative estimate of drug-likeness (QED) is 0.613. The molecule has 0 bridgehead atoms. The number of para-hydroxylation sites is 2. The van der Waals surface area contributed by atoms with Gasteiger partial charge in [-0.25, -0.2) is 13.6 Å². The minimum Gasteiger partial charge on any atom is -0.305 e. The van der Waals surface area contributed by atoms with Gasteiger partial charge in [0.1, 0.15) is 11.6 Å². The normalized spacial score (nSPS) is 19.5. The Bertz CT molecular complexity index is 1200. The van der Waals surface area contributed by atoms with Crippen LogP contribution in [-0.2, 0) is 16.2 Å². The maximum absolute atomic E-state index is 14.1. The van der Waals surface area contributed by atoms with Crippen LogP contribution in [0, 0.1) is 11.6 Å². The first-order valence-corrected chi connectivity index (χ1v) is 11.1. The lowest BCUT2D eigenvalue weighted by molar-refractivity contribution is -0.123. The van der Waals surface area contributed by atoms with Crippen molar-refractivity contribution in [2.75, 3.05) is 22.5 Å². The monoisotopic (exact) mass is 451 g/mol. The summed E-state index contributed by atoms with van der Waals surface area (Å²) < 4.78 is 27.5. The zero-order valence-electron chi connectivity index (χ0n) is 16.9. The maximum Gasteiger partial charge on any atom is 0.323 e. The van der Waals surface area contributed by atoms with Crippen LogP contribution in [0.15, 0.2) is 72.8 Å². The number of thioether (sulfide) groups is 1. The zero-order valence-corrected chi connectivity index (χ0v) is 17.7. The van der Waals surface area contributed by atoms with Gasteiger partial charge in [0, 0.05) is 17.9 Å². The molecule has 1 saturated heterocycles. The molecule has 162 valence electrons. The molecule has 0 saturated carbocycles. The van der Waals surface area contributed by atoms with Crippen molar-refractivity contribution in [1.29, 1.82) is 0 Å². The summed E-state index contributed by atoms with van der Waals surface area (Å²) in [5.41, 5.74) is 2.27. The fraction of sp³-hybridized carbons (Fsp3) is 0.167. The number of anilines is 2. The van der Waals surface area contributed by atoms with E-state index in [9.17, 15) is 18.4 Å². The number of urea groups is 1. The summed E-state index contributed by atoms with van der Waals surface area (Å²) in [6.45, 7) is 0.594. The van der Waals surface area contributed by atoms with Crippen LogP contribution >= 0.6 is 11.8 Å². The Balaban J connectivity index is 1.51. The highest BCUT2D eigenvalue weighted by Gasteiger charge is 2.59. The molecule has 2 heterocycles. The fourth-order valence-corrected chi connectivity index (χ4v) is 5.70. The Morgan fingerprint density at radius 2 is 1.72 bits per heavy atom. The second-order valence-corrected chi connectivity index (χ2v) is 8.88. The number of rotatable bonds is 3. The van der Waals surface area contributed by atoms with Crippen LogP contribution in [0.3, 0.4) is 0 Å². The van der Waals surface area contributed by atoms with Crippen LogP contribution in [0.5, 0.6) is 0 Å². The molecule has 2 aliphatic rings. The lowest BCUT2D eigenvalue weighted by Gasteiger charge is -2.33. The van der Waals surface area contributed by atoms with Gasteiger partial charge in [-0.15, -0.1) is 11.8 Å². The van der Waals surface area contributed by atoms with Crippen LogP contribution in [0.1, 0.15) is 11.1 Å². The third kappa shape index (κ3) is 3.22. The molecule has 0 aromatic heterocycles. The van der Waals surface area contributed by atoms with E-state index in [2.05, 4.69) is 5.32 Å². The van der Waals surface area contributed by atoms with Gasteiger partial charge < -0.3 is 10.2 Å². The third-order valence-electron chi connectivity index (χ3n) is 5.72. The highest BCUT2D eigenvalue weighted by molar-refractivity contribution is 8.01. The molecule has 2 aliphatic heterocycles. The summed E-state index contributed by atoms with van der Waals surface area (Å²) in [6.07, 6.45) is 0. The van der Waals surface area contributed by atoms with Crippen LogP contribution < -0.4 is 10.2 Å². The highest BCUT2D eigenvalue weighted by Crippen LogP contribution is 2.54. The Morgan fingerprint density at radius 3 is 2.50 bits per heavy atom. The van der Waals surface area contributed by atoms with E-state index < -0.39 is 16.7 Å². The predicted molar refractivity (Wildman–Crippen MR) is 120 cm³/mol. The number of amides is 3. The first kappa shape index (κ1) is 20.5. The molecule has 3 aromatic rings. The van der Waals surface area contributed by atoms with E-state index in [0.29, 0.717) is 18.0 Å². The number of nitrogens with zero attached hydrogens (tertiary/aromatic N) is 2. The van der Waals surface area contributed by atoms with Crippen molar-refractivity contribution in [3.05, 3.63) is 95.6 Å². The molecule has 5 nitrogen and oxygen atoms in total. The van der Waals surface area contributed by atoms with Crippen molar-refractivity contribution in [1.82, 2.24) is 4.90 Å². The number of benzene rings is 3. The summed E-state index contributed by atoms with van der Waals surface area (Å²) in [5.74, 6) is -0.567. The van der Waals surface area contributed by atoms with Gasteiger partial charge >= 0.3 is 6.03 Å². The van der Waals surface area contributed by atoms with Crippen LogP contribution in [0.4, 0.5) is 25.0 Å². The number of halogens is 2. The van der Waals surface area contributed by atoms with Gasteiger partial charge in [-0.3, -0.25) is 9.69 Å². The average Bonchev–Trinajstić information content (AvgIpc) is 3.34. The van der Waals surface area contributed by atoms with E-state index in [1.54, 1.807) is 29.2 Å². The molecule has 5 rings (SSSR count). The van der Waals surface area contributed by atoms with Crippen molar-refractivity contribution in [3.63, 3.8) is 0 Å². The van der Waals surface area contributed by atoms with Crippen molar-refractivity contribution in [2.24, 2.45) is 0 Å². The minimum atomic E-state index is -1.23. The molecule has 1 N–H and O–H groups in total. The Hall–Kier alpha value is -3.39. The van der Waals surface area contributed by atoms with Gasteiger partial charge in [0.25, 0.3) is 5.91 Å². The molecule has 1 unspecified atom stereocenters. The van der Waals surface area contributed by atoms with Gasteiger partial charge in [0.05, 0.1) is 17.9 Å². The predicted octanol–water partition coefficient (Wildman–Crippen LogP) is 4.95. The molecule has 0 radical (unpaired) electrons. The highest BCUT2D eigenvalue weighted by atomic mass is 32.2. The van der Waals surface area contributed by atoms with Crippen LogP contribution in [0.2, 0.25) is 0 Å². The molecule has 0 aliphatic carbocycles. The second kappa shape index (κ2) is 7.94. The van der Waals surface area contributed by atoms with E-state index in [0.717, 1.165) is 11.1 Å². The number of nitrogens with one attached hydrogen (secondary N) is 1. The zero-order chi connectivity index (χ0) is 22.3. The number of hydrogen-bond acceptors (Lipinski definition) is 3. The SMILES string of the molecule is O=C(Nc1ccccc1F)N1CCSC12C(=O)N(Cc1ccc(F)cc1)c1ccccc12. The lowest BCUT2D eigenvalue weighted by Crippen LogP contribution is -2.51.